The van der Waals surface area contributed by atoms with Gasteiger partial charge in [-0.25, -0.2) is 0 Å². The Labute approximate surface area is 169 Å². The van der Waals surface area contributed by atoms with Crippen molar-refractivity contribution >= 4 is 20.1 Å². The molecule has 0 aliphatic rings. The molecule has 0 heterocycles. The monoisotopic (exact) mass is 423 g/mol. The minimum atomic E-state index is -0.583. The fourth-order valence-corrected chi connectivity index (χ4v) is 3.86. The van der Waals surface area contributed by atoms with Crippen LogP contribution in [0.1, 0.15) is 29.5 Å². The normalized spacial score (nSPS) is 13.0. The molecule has 27 heavy (non-hydrogen) atoms. The van der Waals surface area contributed by atoms with Crippen LogP contribution in [0, 0.1) is 0 Å². The molecule has 0 aliphatic carbocycles. The third-order valence-corrected chi connectivity index (χ3v) is 5.84. The van der Waals surface area contributed by atoms with E-state index in [1.54, 1.807) is 0 Å². The van der Waals surface area contributed by atoms with Crippen molar-refractivity contribution in [2.45, 2.75) is 32.0 Å². The van der Waals surface area contributed by atoms with E-state index in [0.717, 1.165) is 23.2 Å². The molecule has 3 rings (SSSR count). The van der Waals surface area contributed by atoms with Gasteiger partial charge in [0.1, 0.15) is 0 Å². The average molecular weight is 422 g/mol. The zero-order valence-electron chi connectivity index (χ0n) is 15.5. The van der Waals surface area contributed by atoms with Gasteiger partial charge >= 0.3 is 170 Å². The summed E-state index contributed by atoms with van der Waals surface area (Å²) in [6.07, 6.45) is -0.583. The van der Waals surface area contributed by atoms with Crippen LogP contribution in [0.4, 0.5) is 0 Å². The van der Waals surface area contributed by atoms with Crippen LogP contribution in [0.2, 0.25) is 0 Å². The van der Waals surface area contributed by atoms with Crippen molar-refractivity contribution in [2.75, 3.05) is 0 Å². The van der Waals surface area contributed by atoms with E-state index in [1.165, 1.54) is 11.1 Å². The molecular weight excluding hydrogens is 397 g/mol. The van der Waals surface area contributed by atoms with Crippen LogP contribution in [0.3, 0.4) is 0 Å². The zero-order valence-corrected chi connectivity index (χ0v) is 17.2. The standard InChI is InChI=1S/C24H25NOSe/c1-19(22-15-9-4-10-16-22)23(26)24(27)25(17-20-11-5-2-6-12-20)18-21-13-7-3-8-14-21/h2-16,19,23,26H,17-18H2,1H3. The molecule has 0 aliphatic heterocycles. The summed E-state index contributed by atoms with van der Waals surface area (Å²) >= 11 is 3.16. The Morgan fingerprint density at radius 2 is 1.19 bits per heavy atom. The molecule has 3 aromatic carbocycles. The Kier molecular flexibility index (Phi) is 7.00. The summed E-state index contributed by atoms with van der Waals surface area (Å²) in [7, 11) is 0. The molecule has 138 valence electrons. The first kappa shape index (κ1) is 19.6. The third kappa shape index (κ3) is 5.40. The number of aliphatic hydroxyl groups excluding tert-OH is 1. The van der Waals surface area contributed by atoms with Gasteiger partial charge in [0.25, 0.3) is 0 Å². The van der Waals surface area contributed by atoms with Crippen molar-refractivity contribution in [3.05, 3.63) is 108 Å². The molecule has 0 amide bonds. The van der Waals surface area contributed by atoms with E-state index in [2.05, 4.69) is 88.1 Å². The van der Waals surface area contributed by atoms with Gasteiger partial charge in [-0.1, -0.05) is 0 Å². The van der Waals surface area contributed by atoms with Crippen LogP contribution in [0.5, 0.6) is 0 Å². The molecule has 3 aromatic rings. The fourth-order valence-electron chi connectivity index (χ4n) is 3.16. The van der Waals surface area contributed by atoms with E-state index in [1.807, 2.05) is 30.3 Å². The van der Waals surface area contributed by atoms with Crippen LogP contribution in [0.25, 0.3) is 0 Å². The van der Waals surface area contributed by atoms with E-state index >= 15 is 0 Å². The Morgan fingerprint density at radius 1 is 0.778 bits per heavy atom. The summed E-state index contributed by atoms with van der Waals surface area (Å²) in [4.78, 5) is 2.23. The van der Waals surface area contributed by atoms with E-state index in [-0.39, 0.29) is 5.92 Å². The van der Waals surface area contributed by atoms with E-state index < -0.39 is 6.10 Å². The number of hydrogen-bond donors (Lipinski definition) is 1. The molecular formula is C24H25NOSe. The number of rotatable bonds is 8. The van der Waals surface area contributed by atoms with Gasteiger partial charge < -0.3 is 0 Å². The summed E-state index contributed by atoms with van der Waals surface area (Å²) in [6.45, 7) is 3.56. The summed E-state index contributed by atoms with van der Waals surface area (Å²) in [5.74, 6) is 0.0106. The van der Waals surface area contributed by atoms with Crippen molar-refractivity contribution in [1.29, 1.82) is 0 Å². The SMILES string of the molecule is CC(c1ccccc1)C(O)C(=[Se])N(Cc1ccccc1)Cc1ccccc1. The van der Waals surface area contributed by atoms with Crippen LogP contribution >= 0.6 is 0 Å². The number of benzene rings is 3. The third-order valence-electron chi connectivity index (χ3n) is 4.80. The molecule has 1 N–H and O–H groups in total. The molecule has 2 atom stereocenters. The Morgan fingerprint density at radius 3 is 1.63 bits per heavy atom. The summed E-state index contributed by atoms with van der Waals surface area (Å²) in [5.41, 5.74) is 3.58. The molecule has 2 nitrogen and oxygen atoms in total. The van der Waals surface area contributed by atoms with Crippen LogP contribution in [-0.2, 0) is 13.1 Å². The van der Waals surface area contributed by atoms with Crippen LogP contribution in [-0.4, -0.2) is 36.2 Å². The topological polar surface area (TPSA) is 23.5 Å². The fraction of sp³-hybridized carbons (Fsp3) is 0.208. The van der Waals surface area contributed by atoms with E-state index in [0.29, 0.717) is 0 Å². The van der Waals surface area contributed by atoms with Crippen molar-refractivity contribution in [3.8, 4) is 0 Å². The van der Waals surface area contributed by atoms with Gasteiger partial charge in [-0.05, 0) is 0 Å². The first-order valence-electron chi connectivity index (χ1n) is 9.25. The molecule has 0 spiro atoms. The van der Waals surface area contributed by atoms with E-state index in [4.69, 9.17) is 0 Å². The molecule has 0 radical (unpaired) electrons. The van der Waals surface area contributed by atoms with Gasteiger partial charge in [0.2, 0.25) is 0 Å². The second kappa shape index (κ2) is 9.66. The van der Waals surface area contributed by atoms with Crippen molar-refractivity contribution in [2.24, 2.45) is 0 Å². The van der Waals surface area contributed by atoms with Gasteiger partial charge in [-0.15, -0.1) is 0 Å². The Bertz CT molecular complexity index is 795. The maximum atomic E-state index is 11.1. The van der Waals surface area contributed by atoms with Crippen molar-refractivity contribution in [3.63, 3.8) is 0 Å². The van der Waals surface area contributed by atoms with Gasteiger partial charge in [0, 0.05) is 0 Å². The van der Waals surface area contributed by atoms with Gasteiger partial charge in [0.15, 0.2) is 0 Å². The van der Waals surface area contributed by atoms with Gasteiger partial charge in [0.05, 0.1) is 0 Å². The number of aliphatic hydroxyl groups is 1. The predicted octanol–water partition coefficient (Wildman–Crippen LogP) is 4.15. The minimum absolute atomic E-state index is 0.0106. The van der Waals surface area contributed by atoms with Crippen LogP contribution in [0.15, 0.2) is 91.0 Å². The molecule has 0 aromatic heterocycles. The van der Waals surface area contributed by atoms with Gasteiger partial charge in [-0.3, -0.25) is 0 Å². The summed E-state index contributed by atoms with van der Waals surface area (Å²) < 4.78 is 0.874. The average Bonchev–Trinajstić information content (AvgIpc) is 2.74. The Hall–Kier alpha value is -2.19. The van der Waals surface area contributed by atoms with Gasteiger partial charge in [-0.2, -0.15) is 0 Å². The Balaban J connectivity index is 1.81. The summed E-state index contributed by atoms with van der Waals surface area (Å²) in [5, 5.41) is 11.1. The molecule has 0 fully saturated rings. The van der Waals surface area contributed by atoms with Crippen molar-refractivity contribution < 1.29 is 5.11 Å². The number of nitrogens with zero attached hydrogens (tertiary/aromatic N) is 1. The zero-order chi connectivity index (χ0) is 19.1. The molecule has 2 unspecified atom stereocenters. The molecule has 0 saturated carbocycles. The van der Waals surface area contributed by atoms with Crippen LogP contribution < -0.4 is 0 Å². The molecule has 3 heteroatoms. The van der Waals surface area contributed by atoms with Crippen molar-refractivity contribution in [1.82, 2.24) is 4.90 Å². The molecule has 0 saturated heterocycles. The second-order valence-corrected chi connectivity index (χ2v) is 7.69. The number of hydrogen-bond acceptors (Lipinski definition) is 2. The first-order valence-corrected chi connectivity index (χ1v) is 10.1. The predicted molar refractivity (Wildman–Crippen MR) is 114 cm³/mol. The maximum absolute atomic E-state index is 11.1. The quantitative estimate of drug-likeness (QED) is 0.552. The summed E-state index contributed by atoms with van der Waals surface area (Å²) in [6, 6.07) is 30.9. The molecule has 0 bridgehead atoms. The second-order valence-electron chi connectivity index (χ2n) is 6.81. The first-order chi connectivity index (χ1) is 13.1. The van der Waals surface area contributed by atoms with E-state index in [9.17, 15) is 5.11 Å².